The average molecular weight is 302 g/mol. The monoisotopic (exact) mass is 302 g/mol. The summed E-state index contributed by atoms with van der Waals surface area (Å²) in [6.45, 7) is 7.20. The van der Waals surface area contributed by atoms with E-state index in [1.54, 1.807) is 0 Å². The Bertz CT molecular complexity index is 408. The molecule has 4 nitrogen and oxygen atoms in total. The molecule has 3 unspecified atom stereocenters. The molecule has 1 heterocycles. The fraction of sp³-hybridized carbons (Fsp3) is 1.00. The van der Waals surface area contributed by atoms with Gasteiger partial charge in [0.15, 0.2) is 9.84 Å². The van der Waals surface area contributed by atoms with Crippen molar-refractivity contribution >= 4 is 9.84 Å². The molecule has 2 aliphatic rings. The summed E-state index contributed by atoms with van der Waals surface area (Å²) in [6, 6.07) is 0.296. The normalized spacial score (nSPS) is 35.9. The predicted octanol–water partition coefficient (Wildman–Crippen LogP) is 1.51. The fourth-order valence-corrected chi connectivity index (χ4v) is 4.95. The van der Waals surface area contributed by atoms with E-state index in [0.717, 1.165) is 37.8 Å². The molecule has 0 radical (unpaired) electrons. The molecule has 0 spiro atoms. The first kappa shape index (κ1) is 16.2. The van der Waals surface area contributed by atoms with Crippen LogP contribution in [0.15, 0.2) is 0 Å². The predicted molar refractivity (Wildman–Crippen MR) is 83.4 cm³/mol. The highest BCUT2D eigenvalue weighted by Crippen LogP contribution is 2.33. The van der Waals surface area contributed by atoms with Gasteiger partial charge in [-0.15, -0.1) is 0 Å². The van der Waals surface area contributed by atoms with E-state index in [4.69, 9.17) is 5.73 Å². The summed E-state index contributed by atoms with van der Waals surface area (Å²) in [4.78, 5) is 2.33. The van der Waals surface area contributed by atoms with Crippen LogP contribution in [0.2, 0.25) is 0 Å². The molecule has 20 heavy (non-hydrogen) atoms. The van der Waals surface area contributed by atoms with Crippen LogP contribution >= 0.6 is 0 Å². The van der Waals surface area contributed by atoms with Gasteiger partial charge in [0.1, 0.15) is 0 Å². The van der Waals surface area contributed by atoms with Gasteiger partial charge in [0.25, 0.3) is 0 Å². The molecule has 1 aliphatic carbocycles. The zero-order chi connectivity index (χ0) is 14.8. The fourth-order valence-electron chi connectivity index (χ4n) is 3.64. The van der Waals surface area contributed by atoms with E-state index in [1.165, 1.54) is 12.8 Å². The minimum atomic E-state index is -2.80. The van der Waals surface area contributed by atoms with Crippen molar-refractivity contribution in [3.8, 4) is 0 Å². The van der Waals surface area contributed by atoms with Crippen molar-refractivity contribution in [1.29, 1.82) is 0 Å². The summed E-state index contributed by atoms with van der Waals surface area (Å²) >= 11 is 0. The topological polar surface area (TPSA) is 63.4 Å². The number of nitrogens with two attached hydrogens (primary N) is 1. The lowest BCUT2D eigenvalue weighted by molar-refractivity contribution is 0.141. The first-order chi connectivity index (χ1) is 9.37. The molecule has 1 saturated carbocycles. The zero-order valence-corrected chi connectivity index (χ0v) is 13.7. The molecule has 3 atom stereocenters. The Morgan fingerprint density at radius 2 is 1.95 bits per heavy atom. The van der Waals surface area contributed by atoms with Crippen molar-refractivity contribution in [3.05, 3.63) is 0 Å². The summed E-state index contributed by atoms with van der Waals surface area (Å²) in [5.74, 6) is 2.74. The molecular formula is C15H30N2O2S. The second-order valence-electron chi connectivity index (χ2n) is 7.05. The van der Waals surface area contributed by atoms with Crippen LogP contribution in [0.5, 0.6) is 0 Å². The smallest absolute Gasteiger partial charge is 0.151 e. The zero-order valence-electron chi connectivity index (χ0n) is 12.9. The Labute approximate surface area is 124 Å². The molecule has 0 bridgehead atoms. The quantitative estimate of drug-likeness (QED) is 0.858. The molecular weight excluding hydrogens is 272 g/mol. The molecule has 1 aliphatic heterocycles. The van der Waals surface area contributed by atoms with Gasteiger partial charge in [-0.3, -0.25) is 0 Å². The molecule has 2 rings (SSSR count). The lowest BCUT2D eigenvalue weighted by Gasteiger charge is -2.38. The molecule has 0 aromatic rings. The average Bonchev–Trinajstić information content (AvgIpc) is 2.53. The second kappa shape index (κ2) is 6.75. The van der Waals surface area contributed by atoms with E-state index in [9.17, 15) is 8.42 Å². The van der Waals surface area contributed by atoms with Gasteiger partial charge in [-0.05, 0) is 50.0 Å². The van der Waals surface area contributed by atoms with Gasteiger partial charge in [0.2, 0.25) is 0 Å². The molecule has 1 saturated heterocycles. The van der Waals surface area contributed by atoms with E-state index in [0.29, 0.717) is 30.0 Å². The van der Waals surface area contributed by atoms with E-state index >= 15 is 0 Å². The van der Waals surface area contributed by atoms with Crippen LogP contribution in [-0.2, 0) is 9.84 Å². The van der Waals surface area contributed by atoms with Gasteiger partial charge >= 0.3 is 0 Å². The largest absolute Gasteiger partial charge is 0.327 e. The molecule has 2 fully saturated rings. The highest BCUT2D eigenvalue weighted by Gasteiger charge is 2.31. The number of rotatable bonds is 3. The Morgan fingerprint density at radius 1 is 1.20 bits per heavy atom. The van der Waals surface area contributed by atoms with E-state index in [2.05, 4.69) is 18.7 Å². The lowest BCUT2D eigenvalue weighted by atomic mass is 9.73. The maximum Gasteiger partial charge on any atom is 0.151 e. The number of hydrogen-bond donors (Lipinski definition) is 1. The summed E-state index contributed by atoms with van der Waals surface area (Å²) < 4.78 is 23.3. The first-order valence-electron chi connectivity index (χ1n) is 8.06. The third kappa shape index (κ3) is 4.43. The lowest BCUT2D eigenvalue weighted by Crippen LogP contribution is -2.44. The first-order valence-corrected chi connectivity index (χ1v) is 9.88. The van der Waals surface area contributed by atoms with Crippen molar-refractivity contribution in [2.24, 2.45) is 23.5 Å². The Hall–Kier alpha value is -0.130. The van der Waals surface area contributed by atoms with E-state index in [-0.39, 0.29) is 0 Å². The van der Waals surface area contributed by atoms with Crippen LogP contribution in [0.4, 0.5) is 0 Å². The van der Waals surface area contributed by atoms with Gasteiger partial charge in [0, 0.05) is 19.1 Å². The highest BCUT2D eigenvalue weighted by molar-refractivity contribution is 7.91. The van der Waals surface area contributed by atoms with E-state index in [1.807, 2.05) is 0 Å². The number of sulfone groups is 1. The van der Waals surface area contributed by atoms with Crippen molar-refractivity contribution in [2.45, 2.75) is 45.6 Å². The summed E-state index contributed by atoms with van der Waals surface area (Å²) in [7, 11) is -2.80. The van der Waals surface area contributed by atoms with Gasteiger partial charge in [0.05, 0.1) is 11.5 Å². The van der Waals surface area contributed by atoms with Crippen LogP contribution in [0.1, 0.15) is 39.5 Å². The molecule has 118 valence electrons. The van der Waals surface area contributed by atoms with Gasteiger partial charge < -0.3 is 10.6 Å². The third-order valence-electron chi connectivity index (χ3n) is 5.17. The third-order valence-corrected chi connectivity index (χ3v) is 6.88. The van der Waals surface area contributed by atoms with Crippen molar-refractivity contribution < 1.29 is 8.42 Å². The second-order valence-corrected chi connectivity index (χ2v) is 9.35. The summed E-state index contributed by atoms with van der Waals surface area (Å²) in [6.07, 6.45) is 4.36. The van der Waals surface area contributed by atoms with Crippen LogP contribution in [0.3, 0.4) is 0 Å². The van der Waals surface area contributed by atoms with Gasteiger partial charge in [-0.25, -0.2) is 8.42 Å². The maximum atomic E-state index is 11.7. The Balaban J connectivity index is 1.90. The van der Waals surface area contributed by atoms with Crippen LogP contribution in [0.25, 0.3) is 0 Å². The van der Waals surface area contributed by atoms with Crippen LogP contribution in [0, 0.1) is 17.8 Å². The molecule has 0 aromatic carbocycles. The summed E-state index contributed by atoms with van der Waals surface area (Å²) in [5, 5.41) is 0. The van der Waals surface area contributed by atoms with E-state index < -0.39 is 9.84 Å². The van der Waals surface area contributed by atoms with Crippen molar-refractivity contribution in [2.75, 3.05) is 31.1 Å². The van der Waals surface area contributed by atoms with Gasteiger partial charge in [-0.1, -0.05) is 13.8 Å². The standard InChI is InChI=1S/C15H30N2O2S/c1-12(2)13-4-5-15(16)14(10-13)11-17-6-3-8-20(18,19)9-7-17/h12-15H,3-11,16H2,1-2H3. The highest BCUT2D eigenvalue weighted by atomic mass is 32.2. The van der Waals surface area contributed by atoms with Gasteiger partial charge in [-0.2, -0.15) is 0 Å². The van der Waals surface area contributed by atoms with Crippen molar-refractivity contribution in [1.82, 2.24) is 4.90 Å². The minimum absolute atomic E-state index is 0.296. The Kier molecular flexibility index (Phi) is 5.49. The Morgan fingerprint density at radius 3 is 2.65 bits per heavy atom. The van der Waals surface area contributed by atoms with Crippen molar-refractivity contribution in [3.63, 3.8) is 0 Å². The minimum Gasteiger partial charge on any atom is -0.327 e. The molecule has 2 N–H and O–H groups in total. The SMILES string of the molecule is CC(C)C1CCC(N)C(CN2CCCS(=O)(=O)CC2)C1. The number of nitrogens with zero attached hydrogens (tertiary/aromatic N) is 1. The summed E-state index contributed by atoms with van der Waals surface area (Å²) in [5.41, 5.74) is 6.31. The number of hydrogen-bond acceptors (Lipinski definition) is 4. The maximum absolute atomic E-state index is 11.7. The van der Waals surface area contributed by atoms with Crippen LogP contribution < -0.4 is 5.73 Å². The molecule has 0 amide bonds. The molecule has 0 aromatic heterocycles. The molecule has 5 heteroatoms. The van der Waals surface area contributed by atoms with Crippen LogP contribution in [-0.4, -0.2) is 50.5 Å².